The van der Waals surface area contributed by atoms with E-state index in [0.29, 0.717) is 44.1 Å². The van der Waals surface area contributed by atoms with E-state index in [1.165, 1.54) is 0 Å². The molecule has 0 amide bonds. The molecular weight excluding hydrogens is 674 g/mol. The Bertz CT molecular complexity index is 1960. The van der Waals surface area contributed by atoms with Crippen molar-refractivity contribution in [1.29, 1.82) is 0 Å². The molecule has 7 rings (SSSR count). The summed E-state index contributed by atoms with van der Waals surface area (Å²) in [5, 5.41) is 2.31. The molecule has 0 aromatic heterocycles. The van der Waals surface area contributed by atoms with E-state index in [0.717, 1.165) is 67.3 Å². The molecule has 0 bridgehead atoms. The summed E-state index contributed by atoms with van der Waals surface area (Å²) < 4.78 is 13.5. The van der Waals surface area contributed by atoms with Gasteiger partial charge in [-0.25, -0.2) is 0 Å². The number of hydrogen-bond acceptors (Lipinski definition) is 5. The van der Waals surface area contributed by atoms with Crippen LogP contribution in [0.3, 0.4) is 0 Å². The third-order valence-corrected chi connectivity index (χ3v) is 10.7. The zero-order valence-electron chi connectivity index (χ0n) is 29.1. The largest absolute Gasteiger partial charge is 0.490 e. The minimum Gasteiger partial charge on any atom is -0.490 e. The van der Waals surface area contributed by atoms with E-state index in [4.69, 9.17) is 9.47 Å². The topological polar surface area (TPSA) is 55.8 Å². The molecule has 0 radical (unpaired) electrons. The number of halogens is 1. The summed E-state index contributed by atoms with van der Waals surface area (Å²) in [5.74, 6) is 0.950. The molecule has 6 heteroatoms. The Labute approximate surface area is 298 Å². The highest BCUT2D eigenvalue weighted by Gasteiger charge is 2.49. The van der Waals surface area contributed by atoms with Gasteiger partial charge < -0.3 is 14.4 Å². The molecule has 2 aliphatic carbocycles. The zero-order chi connectivity index (χ0) is 34.5. The lowest BCUT2D eigenvalue weighted by molar-refractivity contribution is -0.119. The van der Waals surface area contributed by atoms with Crippen molar-refractivity contribution in [2.75, 3.05) is 6.61 Å². The second kappa shape index (κ2) is 12.9. The zero-order valence-corrected chi connectivity index (χ0v) is 30.7. The van der Waals surface area contributed by atoms with E-state index in [-0.39, 0.29) is 22.4 Å². The second-order valence-electron chi connectivity index (χ2n) is 15.3. The van der Waals surface area contributed by atoms with Crippen molar-refractivity contribution in [3.63, 3.8) is 0 Å². The highest BCUT2D eigenvalue weighted by atomic mass is 79.9. The molecule has 0 saturated carbocycles. The number of ketones is 2. The summed E-state index contributed by atoms with van der Waals surface area (Å²) in [6, 6.07) is 29.0. The Morgan fingerprint density at radius 1 is 0.755 bits per heavy atom. The van der Waals surface area contributed by atoms with Crippen LogP contribution in [0.2, 0.25) is 0 Å². The summed E-state index contributed by atoms with van der Waals surface area (Å²) >= 11 is 3.84. The van der Waals surface area contributed by atoms with Crippen molar-refractivity contribution in [1.82, 2.24) is 4.90 Å². The number of carbonyl (C=O) groups is 2. The summed E-state index contributed by atoms with van der Waals surface area (Å²) in [6.45, 7) is 12.1. The highest BCUT2D eigenvalue weighted by molar-refractivity contribution is 9.10. The summed E-state index contributed by atoms with van der Waals surface area (Å²) in [6.07, 6.45) is 2.40. The van der Waals surface area contributed by atoms with Crippen LogP contribution >= 0.6 is 15.9 Å². The van der Waals surface area contributed by atoms with Gasteiger partial charge in [-0.05, 0) is 86.1 Å². The lowest BCUT2D eigenvalue weighted by Crippen LogP contribution is -2.44. The number of rotatable bonds is 8. The summed E-state index contributed by atoms with van der Waals surface area (Å²) in [7, 11) is 0. The molecule has 0 saturated heterocycles. The average molecular weight is 719 g/mol. The van der Waals surface area contributed by atoms with E-state index in [1.807, 2.05) is 43.3 Å². The van der Waals surface area contributed by atoms with Gasteiger partial charge >= 0.3 is 0 Å². The Morgan fingerprint density at radius 2 is 1.37 bits per heavy atom. The molecule has 0 spiro atoms. The lowest BCUT2D eigenvalue weighted by atomic mass is 9.63. The Kier molecular flexibility index (Phi) is 8.81. The molecule has 49 heavy (non-hydrogen) atoms. The van der Waals surface area contributed by atoms with Crippen molar-refractivity contribution in [3.05, 3.63) is 129 Å². The van der Waals surface area contributed by atoms with E-state index in [1.54, 1.807) is 0 Å². The monoisotopic (exact) mass is 717 g/mol. The molecule has 1 heterocycles. The number of Topliss-reactive ketones (excluding diaryl/α,β-unsaturated/α-hetero) is 2. The number of benzene rings is 4. The van der Waals surface area contributed by atoms with E-state index < -0.39 is 5.92 Å². The quantitative estimate of drug-likeness (QED) is 0.182. The maximum atomic E-state index is 14.4. The molecule has 0 atom stereocenters. The fourth-order valence-corrected chi connectivity index (χ4v) is 8.64. The number of carbonyl (C=O) groups excluding carboxylic acids is 2. The molecule has 3 aliphatic rings. The number of ether oxygens (including phenoxy) is 2. The maximum absolute atomic E-state index is 14.4. The molecule has 4 aromatic rings. The fraction of sp³-hybridized carbons (Fsp3) is 0.349. The SMILES string of the molecule is CCOc1cc(C2C3=C(CC(C)(C)CC3=O)N(Cc3ccccc3)C3=C2C(=O)CC(C)(C)C3)cc(Br)c1OCc1cccc2ccccc12. The van der Waals surface area contributed by atoms with Crippen LogP contribution in [0.1, 0.15) is 82.9 Å². The van der Waals surface area contributed by atoms with Gasteiger partial charge in [-0.15, -0.1) is 0 Å². The predicted octanol–water partition coefficient (Wildman–Crippen LogP) is 10.5. The minimum absolute atomic E-state index is 0.115. The molecule has 1 aliphatic heterocycles. The van der Waals surface area contributed by atoms with Gasteiger partial charge in [0.05, 0.1) is 11.1 Å². The molecule has 252 valence electrons. The van der Waals surface area contributed by atoms with E-state index in [2.05, 4.69) is 97.1 Å². The summed E-state index contributed by atoms with van der Waals surface area (Å²) in [5.41, 5.74) is 6.30. The first-order chi connectivity index (χ1) is 23.4. The lowest BCUT2D eigenvalue weighted by Gasteiger charge is -2.49. The van der Waals surface area contributed by atoms with Crippen LogP contribution in [0.5, 0.6) is 11.5 Å². The maximum Gasteiger partial charge on any atom is 0.175 e. The summed E-state index contributed by atoms with van der Waals surface area (Å²) in [4.78, 5) is 31.1. The van der Waals surface area contributed by atoms with Crippen molar-refractivity contribution in [2.24, 2.45) is 10.8 Å². The van der Waals surface area contributed by atoms with Gasteiger partial charge in [-0.3, -0.25) is 9.59 Å². The number of hydrogen-bond donors (Lipinski definition) is 0. The normalized spacial score (nSPS) is 18.9. The van der Waals surface area contributed by atoms with Crippen molar-refractivity contribution < 1.29 is 19.1 Å². The molecular formula is C43H44BrNO4. The molecule has 0 N–H and O–H groups in total. The van der Waals surface area contributed by atoms with Gasteiger partial charge in [0, 0.05) is 47.8 Å². The third-order valence-electron chi connectivity index (χ3n) is 10.1. The highest BCUT2D eigenvalue weighted by Crippen LogP contribution is 2.56. The van der Waals surface area contributed by atoms with Gasteiger partial charge in [-0.2, -0.15) is 0 Å². The standard InChI is InChI=1S/C43H44BrNO4/c1-6-48-37-20-30(19-32(44)41(37)49-26-29-17-12-16-28-15-10-11-18-31(28)29)38-39-33(21-42(2,3)23-35(39)46)45(25-27-13-8-7-9-14-27)34-22-43(4,5)24-36(47)40(34)38/h7-20,38H,6,21-26H2,1-5H3. The molecule has 0 fully saturated rings. The van der Waals surface area contributed by atoms with Crippen LogP contribution in [0.25, 0.3) is 10.8 Å². The Hall–Kier alpha value is -4.16. The second-order valence-corrected chi connectivity index (χ2v) is 16.2. The van der Waals surface area contributed by atoms with E-state index in [9.17, 15) is 9.59 Å². The van der Waals surface area contributed by atoms with Crippen LogP contribution in [-0.4, -0.2) is 23.1 Å². The van der Waals surface area contributed by atoms with Gasteiger partial charge in [0.15, 0.2) is 23.1 Å². The first-order valence-corrected chi connectivity index (χ1v) is 18.1. The van der Waals surface area contributed by atoms with Gasteiger partial charge in [0.25, 0.3) is 0 Å². The number of fused-ring (bicyclic) bond motifs is 1. The van der Waals surface area contributed by atoms with Gasteiger partial charge in [-0.1, -0.05) is 100 Å². The number of allylic oxidation sites excluding steroid dienone is 4. The number of nitrogens with zero attached hydrogens (tertiary/aromatic N) is 1. The van der Waals surface area contributed by atoms with Crippen LogP contribution in [0.4, 0.5) is 0 Å². The average Bonchev–Trinajstić information content (AvgIpc) is 3.04. The Balaban J connectivity index is 1.36. The first-order valence-electron chi connectivity index (χ1n) is 17.3. The fourth-order valence-electron chi connectivity index (χ4n) is 8.06. The molecule has 0 unspecified atom stereocenters. The van der Waals surface area contributed by atoms with Gasteiger partial charge in [0.1, 0.15) is 6.61 Å². The van der Waals surface area contributed by atoms with Crippen LogP contribution in [0.15, 0.2) is 112 Å². The van der Waals surface area contributed by atoms with E-state index >= 15 is 0 Å². The smallest absolute Gasteiger partial charge is 0.175 e. The minimum atomic E-state index is -0.480. The Morgan fingerprint density at radius 3 is 2.02 bits per heavy atom. The third kappa shape index (κ3) is 6.48. The van der Waals surface area contributed by atoms with Crippen LogP contribution in [-0.2, 0) is 22.7 Å². The molecule has 4 aromatic carbocycles. The van der Waals surface area contributed by atoms with Crippen molar-refractivity contribution in [2.45, 2.75) is 79.4 Å². The van der Waals surface area contributed by atoms with Crippen molar-refractivity contribution >= 4 is 38.3 Å². The first kappa shape index (κ1) is 33.3. The van der Waals surface area contributed by atoms with Crippen molar-refractivity contribution in [3.8, 4) is 11.5 Å². The van der Waals surface area contributed by atoms with Gasteiger partial charge in [0.2, 0.25) is 0 Å². The van der Waals surface area contributed by atoms with Crippen LogP contribution < -0.4 is 9.47 Å². The predicted molar refractivity (Wildman–Crippen MR) is 198 cm³/mol. The van der Waals surface area contributed by atoms with Crippen LogP contribution in [0, 0.1) is 10.8 Å². The molecule has 5 nitrogen and oxygen atoms in total.